The molecule has 0 atom stereocenters. The SMILES string of the molecule is N#CCOc1ccc(Cl)c(Cl)c1.N#CCOc1cccc(F)c1.N#CCOc1ccccc1F.N#CCSc1cc(Cl)cc(Cl)c1.N#CCSc1ccc(Cl)c(Cl)c1. The van der Waals surface area contributed by atoms with Crippen LogP contribution in [0.4, 0.5) is 8.78 Å². The van der Waals surface area contributed by atoms with Crippen LogP contribution in [0.25, 0.3) is 0 Å². The van der Waals surface area contributed by atoms with Crippen molar-refractivity contribution in [1.29, 1.82) is 26.3 Å². The van der Waals surface area contributed by atoms with Gasteiger partial charge in [0.05, 0.1) is 43.7 Å². The van der Waals surface area contributed by atoms with E-state index >= 15 is 0 Å². The molecule has 0 aromatic heterocycles. The third-order valence-corrected chi connectivity index (χ3v) is 9.37. The predicted octanol–water partition coefficient (Wildman–Crippen LogP) is 13.6. The van der Waals surface area contributed by atoms with Crippen molar-refractivity contribution in [3.05, 3.63) is 145 Å². The Morgan fingerprint density at radius 3 is 1.50 bits per heavy atom. The van der Waals surface area contributed by atoms with Crippen molar-refractivity contribution >= 4 is 93.1 Å². The van der Waals surface area contributed by atoms with E-state index in [1.54, 1.807) is 78.9 Å². The number of ether oxygens (including phenoxy) is 3. The van der Waals surface area contributed by atoms with Gasteiger partial charge in [-0.2, -0.15) is 26.3 Å². The second-order valence-corrected chi connectivity index (χ2v) is 14.5. The predicted molar refractivity (Wildman–Crippen MR) is 228 cm³/mol. The monoisotopic (exact) mass is 937 g/mol. The van der Waals surface area contributed by atoms with Gasteiger partial charge in [0, 0.05) is 32.0 Å². The number of nitrogens with zero attached hydrogens (tertiary/aromatic N) is 5. The Hall–Kier alpha value is -4.75. The van der Waals surface area contributed by atoms with Crippen LogP contribution in [0.1, 0.15) is 0 Å². The average molecular weight is 941 g/mol. The summed E-state index contributed by atoms with van der Waals surface area (Å²) >= 11 is 37.2. The van der Waals surface area contributed by atoms with Crippen molar-refractivity contribution in [2.45, 2.75) is 9.79 Å². The standard InChI is InChI=1S/C8H5Cl2NO.2C8H5Cl2NS.2C8H6FNO/c9-7-2-1-6(5-8(7)10)12-4-3-11;9-6-3-7(10)5-8(4-6)12-2-1-11;9-7-2-1-6(5-8(7)10)12-4-3-11;9-7-2-1-3-8(6-7)11-5-4-10;9-7-3-1-2-4-8(7)11-6-5-10/h1-2,5H,4H2;3-5H,2H2;1-2,5H,4H2;1-3,6H,5H2;1-4H,6H2. The van der Waals surface area contributed by atoms with Crippen molar-refractivity contribution in [2.75, 3.05) is 31.3 Å². The number of para-hydroxylation sites is 1. The molecule has 0 aliphatic rings. The Balaban J connectivity index is 0.000000363. The van der Waals surface area contributed by atoms with Crippen LogP contribution in [0.3, 0.4) is 0 Å². The molecular formula is C40H27Cl6F2N5O3S2. The number of hydrogen-bond acceptors (Lipinski definition) is 10. The fourth-order valence-corrected chi connectivity index (χ4v) is 5.99. The van der Waals surface area contributed by atoms with Crippen molar-refractivity contribution in [3.8, 4) is 47.6 Å². The quantitative estimate of drug-likeness (QED) is 0.124. The molecule has 0 radical (unpaired) electrons. The molecule has 0 aliphatic carbocycles. The first-order valence-corrected chi connectivity index (χ1v) is 20.0. The minimum atomic E-state index is -0.442. The summed E-state index contributed by atoms with van der Waals surface area (Å²) in [6.07, 6.45) is 0. The van der Waals surface area contributed by atoms with E-state index in [0.29, 0.717) is 53.1 Å². The first kappa shape index (κ1) is 51.3. The minimum absolute atomic E-state index is 0.0119. The molecule has 0 N–H and O–H groups in total. The van der Waals surface area contributed by atoms with Crippen molar-refractivity contribution in [1.82, 2.24) is 0 Å². The highest BCUT2D eigenvalue weighted by Gasteiger charge is 2.01. The lowest BCUT2D eigenvalue weighted by Crippen LogP contribution is -1.95. The van der Waals surface area contributed by atoms with E-state index in [9.17, 15) is 8.78 Å². The lowest BCUT2D eigenvalue weighted by atomic mass is 10.3. The molecule has 0 saturated carbocycles. The normalized spacial score (nSPS) is 9.09. The fraction of sp³-hybridized carbons (Fsp3) is 0.125. The Morgan fingerprint density at radius 2 is 0.983 bits per heavy atom. The molecule has 58 heavy (non-hydrogen) atoms. The van der Waals surface area contributed by atoms with Gasteiger partial charge in [0.2, 0.25) is 0 Å². The van der Waals surface area contributed by atoms with E-state index in [4.69, 9.17) is 110 Å². The van der Waals surface area contributed by atoms with Gasteiger partial charge in [-0.15, -0.1) is 23.5 Å². The zero-order valence-corrected chi connectivity index (χ0v) is 35.8. The zero-order valence-electron chi connectivity index (χ0n) is 29.7. The van der Waals surface area contributed by atoms with Gasteiger partial charge in [-0.05, 0) is 72.8 Å². The molecule has 298 valence electrons. The van der Waals surface area contributed by atoms with Gasteiger partial charge in [-0.1, -0.05) is 87.8 Å². The summed E-state index contributed by atoms with van der Waals surface area (Å²) in [5.74, 6) is 1.09. The van der Waals surface area contributed by atoms with E-state index in [2.05, 4.69) is 0 Å². The van der Waals surface area contributed by atoms with Crippen LogP contribution in [-0.2, 0) is 0 Å². The highest BCUT2D eigenvalue weighted by molar-refractivity contribution is 7.99. The molecule has 5 aromatic rings. The second kappa shape index (κ2) is 31.3. The summed E-state index contributed by atoms with van der Waals surface area (Å²) < 4.78 is 39.7. The molecule has 0 amide bonds. The van der Waals surface area contributed by atoms with E-state index in [-0.39, 0.29) is 31.4 Å². The van der Waals surface area contributed by atoms with Gasteiger partial charge in [0.15, 0.2) is 31.4 Å². The summed E-state index contributed by atoms with van der Waals surface area (Å²) in [5.41, 5.74) is 0. The molecule has 0 saturated heterocycles. The number of thioether (sulfide) groups is 2. The third-order valence-electron chi connectivity index (χ3n) is 5.76. The van der Waals surface area contributed by atoms with Crippen molar-refractivity contribution in [3.63, 3.8) is 0 Å². The van der Waals surface area contributed by atoms with E-state index in [0.717, 1.165) is 9.79 Å². The number of nitriles is 5. The largest absolute Gasteiger partial charge is 0.479 e. The number of rotatable bonds is 10. The average Bonchev–Trinajstić information content (AvgIpc) is 3.20. The van der Waals surface area contributed by atoms with Crippen LogP contribution in [0.2, 0.25) is 30.1 Å². The Morgan fingerprint density at radius 1 is 0.466 bits per heavy atom. The van der Waals surface area contributed by atoms with Gasteiger partial charge in [-0.25, -0.2) is 8.78 Å². The van der Waals surface area contributed by atoms with E-state index in [1.165, 1.54) is 53.9 Å². The molecule has 0 bridgehead atoms. The van der Waals surface area contributed by atoms with E-state index < -0.39 is 5.82 Å². The lowest BCUT2D eigenvalue weighted by Gasteiger charge is -2.01. The van der Waals surface area contributed by atoms with Crippen LogP contribution in [0.5, 0.6) is 17.2 Å². The maximum Gasteiger partial charge on any atom is 0.174 e. The van der Waals surface area contributed by atoms with Gasteiger partial charge in [-0.3, -0.25) is 0 Å². The summed E-state index contributed by atoms with van der Waals surface area (Å²) in [6.45, 7) is -0.164. The van der Waals surface area contributed by atoms with Crippen LogP contribution in [0, 0.1) is 68.3 Å². The third kappa shape index (κ3) is 23.5. The highest BCUT2D eigenvalue weighted by atomic mass is 35.5. The molecule has 8 nitrogen and oxygen atoms in total. The molecule has 0 aliphatic heterocycles. The molecule has 0 spiro atoms. The molecule has 5 rings (SSSR count). The zero-order chi connectivity index (χ0) is 43.1. The Labute approximate surface area is 373 Å². The molecular weight excluding hydrogens is 913 g/mol. The van der Waals surface area contributed by atoms with Crippen molar-refractivity contribution < 1.29 is 23.0 Å². The lowest BCUT2D eigenvalue weighted by molar-refractivity contribution is 0.346. The van der Waals surface area contributed by atoms with Crippen LogP contribution >= 0.6 is 93.1 Å². The number of hydrogen-bond donors (Lipinski definition) is 0. The van der Waals surface area contributed by atoms with E-state index in [1.807, 2.05) is 24.3 Å². The highest BCUT2D eigenvalue weighted by Crippen LogP contribution is 2.28. The maximum atomic E-state index is 12.7. The minimum Gasteiger partial charge on any atom is -0.479 e. The van der Waals surface area contributed by atoms with Gasteiger partial charge >= 0.3 is 0 Å². The summed E-state index contributed by atoms with van der Waals surface area (Å²) in [7, 11) is 0. The number of halogens is 8. The van der Waals surface area contributed by atoms with Gasteiger partial charge < -0.3 is 14.2 Å². The molecule has 0 unspecified atom stereocenters. The van der Waals surface area contributed by atoms with Crippen LogP contribution in [0.15, 0.2) is 113 Å². The summed E-state index contributed by atoms with van der Waals surface area (Å²) in [6, 6.07) is 36.5. The Bertz CT molecular complexity index is 2180. The summed E-state index contributed by atoms with van der Waals surface area (Å²) in [5, 5.41) is 44.3. The van der Waals surface area contributed by atoms with Gasteiger partial charge in [0.25, 0.3) is 0 Å². The van der Waals surface area contributed by atoms with Crippen LogP contribution < -0.4 is 14.2 Å². The topological polar surface area (TPSA) is 147 Å². The number of benzene rings is 5. The summed E-state index contributed by atoms with van der Waals surface area (Å²) in [4.78, 5) is 1.89. The maximum absolute atomic E-state index is 12.7. The first-order valence-electron chi connectivity index (χ1n) is 15.7. The Kier molecular flexibility index (Phi) is 27.6. The molecule has 5 aromatic carbocycles. The molecule has 18 heteroatoms. The van der Waals surface area contributed by atoms with Gasteiger partial charge in [0.1, 0.15) is 35.5 Å². The molecule has 0 fully saturated rings. The van der Waals surface area contributed by atoms with Crippen molar-refractivity contribution in [2.24, 2.45) is 0 Å². The smallest absolute Gasteiger partial charge is 0.174 e. The second-order valence-electron chi connectivity index (χ2n) is 9.88. The fourth-order valence-electron chi connectivity index (χ4n) is 3.44. The molecule has 0 heterocycles. The van der Waals surface area contributed by atoms with Crippen LogP contribution in [-0.4, -0.2) is 31.3 Å². The first-order chi connectivity index (χ1) is 27.9.